The molecule has 2 aromatic carbocycles. The Labute approximate surface area is 194 Å². The smallest absolute Gasteiger partial charge is 0.295 e. The number of likely N-dealkylation sites (tertiary alicyclic amines) is 1. The number of nitro benzene ring substituents is 1. The predicted octanol–water partition coefficient (Wildman–Crippen LogP) is 2.13. The van der Waals surface area contributed by atoms with Crippen LogP contribution in [0.3, 0.4) is 0 Å². The van der Waals surface area contributed by atoms with Gasteiger partial charge in [-0.15, -0.1) is 0 Å². The van der Waals surface area contributed by atoms with Crippen LogP contribution in [0.4, 0.5) is 5.69 Å². The van der Waals surface area contributed by atoms with E-state index >= 15 is 0 Å². The number of hydrogen-bond donors (Lipinski definition) is 3. The fourth-order valence-corrected chi connectivity index (χ4v) is 3.68. The van der Waals surface area contributed by atoms with Gasteiger partial charge < -0.3 is 29.7 Å². The van der Waals surface area contributed by atoms with Gasteiger partial charge in [-0.25, -0.2) is 0 Å². The number of rotatable bonds is 10. The maximum absolute atomic E-state index is 13.0. The Kier molecular flexibility index (Phi) is 7.82. The number of nitro groups is 1. The molecule has 1 saturated heterocycles. The normalized spacial score (nSPS) is 17.2. The molecule has 1 heterocycles. The third kappa shape index (κ3) is 5.00. The highest BCUT2D eigenvalue weighted by atomic mass is 16.6. The highest BCUT2D eigenvalue weighted by Crippen LogP contribution is 2.41. The monoisotopic (exact) mass is 472 g/mol. The quantitative estimate of drug-likeness (QED) is 0.118. The van der Waals surface area contributed by atoms with Crippen LogP contribution in [0.2, 0.25) is 0 Å². The summed E-state index contributed by atoms with van der Waals surface area (Å²) in [6.07, 6.45) is 0. The molecule has 1 fully saturated rings. The Morgan fingerprint density at radius 1 is 1.18 bits per heavy atom. The first-order valence-corrected chi connectivity index (χ1v) is 10.5. The molecule has 0 spiro atoms. The van der Waals surface area contributed by atoms with Crippen molar-refractivity contribution in [2.45, 2.75) is 13.0 Å². The van der Waals surface area contributed by atoms with Crippen molar-refractivity contribution in [1.82, 2.24) is 4.90 Å². The summed E-state index contributed by atoms with van der Waals surface area (Å²) in [6, 6.07) is 8.29. The van der Waals surface area contributed by atoms with Crippen LogP contribution < -0.4 is 4.74 Å². The Morgan fingerprint density at radius 2 is 1.94 bits per heavy atom. The Bertz CT molecular complexity index is 1130. The molecule has 3 N–H and O–H groups in total. The van der Waals surface area contributed by atoms with E-state index in [-0.39, 0.29) is 61.3 Å². The summed E-state index contributed by atoms with van der Waals surface area (Å²) in [7, 11) is 0. The molecule has 1 aliphatic rings. The van der Waals surface area contributed by atoms with Gasteiger partial charge in [-0.3, -0.25) is 19.7 Å². The Hall–Kier alpha value is -3.96. The van der Waals surface area contributed by atoms with E-state index in [1.165, 1.54) is 41.3 Å². The van der Waals surface area contributed by atoms with Crippen molar-refractivity contribution in [3.63, 3.8) is 0 Å². The summed E-state index contributed by atoms with van der Waals surface area (Å²) in [5, 5.41) is 41.2. The van der Waals surface area contributed by atoms with Gasteiger partial charge in [0.2, 0.25) is 0 Å². The average molecular weight is 472 g/mol. The number of ketones is 1. The molecule has 0 unspecified atom stereocenters. The predicted molar refractivity (Wildman–Crippen MR) is 119 cm³/mol. The van der Waals surface area contributed by atoms with Crippen LogP contribution in [0.5, 0.6) is 11.5 Å². The van der Waals surface area contributed by atoms with E-state index in [4.69, 9.17) is 14.6 Å². The number of phenolic OH excluding ortho intramolecular Hbond substituents is 1. The molecule has 1 aliphatic heterocycles. The number of phenols is 1. The minimum atomic E-state index is -1.07. The van der Waals surface area contributed by atoms with Crippen molar-refractivity contribution < 1.29 is 39.3 Å². The summed E-state index contributed by atoms with van der Waals surface area (Å²) >= 11 is 0. The number of aliphatic hydroxyl groups excluding tert-OH is 2. The van der Waals surface area contributed by atoms with Crippen LogP contribution in [0.15, 0.2) is 48.0 Å². The van der Waals surface area contributed by atoms with Crippen LogP contribution in [0.25, 0.3) is 5.76 Å². The van der Waals surface area contributed by atoms with Crippen molar-refractivity contribution in [3.05, 3.63) is 69.3 Å². The number of carbonyl (C=O) groups is 2. The number of carbonyl (C=O) groups excluding carboxylic acids is 2. The van der Waals surface area contributed by atoms with Gasteiger partial charge in [0, 0.05) is 24.2 Å². The third-order valence-corrected chi connectivity index (χ3v) is 5.18. The molecule has 0 radical (unpaired) electrons. The average Bonchev–Trinajstić information content (AvgIpc) is 3.08. The van der Waals surface area contributed by atoms with E-state index in [1.54, 1.807) is 6.92 Å². The van der Waals surface area contributed by atoms with Gasteiger partial charge in [-0.05, 0) is 24.6 Å². The van der Waals surface area contributed by atoms with E-state index in [0.29, 0.717) is 5.56 Å². The molecule has 1 amide bonds. The van der Waals surface area contributed by atoms with Gasteiger partial charge in [0.05, 0.1) is 43.0 Å². The molecular weight excluding hydrogens is 448 g/mol. The SMILES string of the molecule is CCOc1cc([C@H]2C(=C(O)c3cccc([N+](=O)[O-])c3)C(=O)C(=O)N2CCOCCO)ccc1O. The van der Waals surface area contributed by atoms with Crippen molar-refractivity contribution >= 4 is 23.1 Å². The maximum atomic E-state index is 13.0. The largest absolute Gasteiger partial charge is 0.507 e. The third-order valence-electron chi connectivity index (χ3n) is 5.18. The van der Waals surface area contributed by atoms with E-state index < -0.39 is 28.4 Å². The summed E-state index contributed by atoms with van der Waals surface area (Å²) in [5.74, 6) is -2.46. The number of nitrogens with zero attached hydrogens (tertiary/aromatic N) is 2. The van der Waals surface area contributed by atoms with Crippen molar-refractivity contribution in [1.29, 1.82) is 0 Å². The lowest BCUT2D eigenvalue weighted by atomic mass is 9.95. The van der Waals surface area contributed by atoms with Crippen molar-refractivity contribution in [2.24, 2.45) is 0 Å². The first kappa shape index (κ1) is 24.7. The number of amides is 1. The topological polar surface area (TPSA) is 160 Å². The molecule has 0 saturated carbocycles. The molecule has 11 nitrogen and oxygen atoms in total. The Balaban J connectivity index is 2.14. The molecule has 0 aliphatic carbocycles. The van der Waals surface area contributed by atoms with Gasteiger partial charge >= 0.3 is 0 Å². The van der Waals surface area contributed by atoms with E-state index in [2.05, 4.69) is 0 Å². The second kappa shape index (κ2) is 10.8. The number of benzene rings is 2. The maximum Gasteiger partial charge on any atom is 0.295 e. The first-order chi connectivity index (χ1) is 16.3. The lowest BCUT2D eigenvalue weighted by Crippen LogP contribution is -2.33. The highest BCUT2D eigenvalue weighted by Gasteiger charge is 2.46. The highest BCUT2D eigenvalue weighted by molar-refractivity contribution is 6.46. The van der Waals surface area contributed by atoms with Crippen molar-refractivity contribution in [2.75, 3.05) is 33.0 Å². The van der Waals surface area contributed by atoms with E-state index in [9.17, 15) is 29.9 Å². The molecule has 2 aromatic rings. The Morgan fingerprint density at radius 3 is 2.62 bits per heavy atom. The molecule has 1 atom stereocenters. The number of Topliss-reactive ketones (excluding diaryl/α,β-unsaturated/α-hetero) is 1. The fraction of sp³-hybridized carbons (Fsp3) is 0.304. The van der Waals surface area contributed by atoms with Crippen LogP contribution in [-0.4, -0.2) is 69.8 Å². The second-order valence-corrected chi connectivity index (χ2v) is 7.30. The van der Waals surface area contributed by atoms with E-state index in [0.717, 1.165) is 6.07 Å². The van der Waals surface area contributed by atoms with Gasteiger partial charge in [-0.1, -0.05) is 18.2 Å². The summed E-state index contributed by atoms with van der Waals surface area (Å²) in [4.78, 5) is 37.6. The molecule has 34 heavy (non-hydrogen) atoms. The number of hydrogen-bond acceptors (Lipinski definition) is 9. The van der Waals surface area contributed by atoms with Gasteiger partial charge in [0.25, 0.3) is 17.4 Å². The molecule has 3 rings (SSSR count). The van der Waals surface area contributed by atoms with Crippen molar-refractivity contribution in [3.8, 4) is 11.5 Å². The molecule has 180 valence electrons. The number of ether oxygens (including phenoxy) is 2. The fourth-order valence-electron chi connectivity index (χ4n) is 3.68. The zero-order valence-corrected chi connectivity index (χ0v) is 18.3. The summed E-state index contributed by atoms with van der Waals surface area (Å²) in [5.41, 5.74) is -0.191. The minimum Gasteiger partial charge on any atom is -0.507 e. The number of aliphatic hydroxyl groups is 2. The molecular formula is C23H24N2O9. The zero-order valence-electron chi connectivity index (χ0n) is 18.3. The van der Waals surface area contributed by atoms with E-state index in [1.807, 2.05) is 0 Å². The lowest BCUT2D eigenvalue weighted by Gasteiger charge is -2.25. The summed E-state index contributed by atoms with van der Waals surface area (Å²) < 4.78 is 10.7. The molecule has 11 heteroatoms. The van der Waals surface area contributed by atoms with Crippen LogP contribution in [0.1, 0.15) is 24.1 Å². The van der Waals surface area contributed by atoms with Crippen LogP contribution >= 0.6 is 0 Å². The molecule has 0 aromatic heterocycles. The zero-order chi connectivity index (χ0) is 24.8. The lowest BCUT2D eigenvalue weighted by molar-refractivity contribution is -0.384. The number of aromatic hydroxyl groups is 1. The van der Waals surface area contributed by atoms with Gasteiger partial charge in [0.15, 0.2) is 11.5 Å². The van der Waals surface area contributed by atoms with Gasteiger partial charge in [-0.2, -0.15) is 0 Å². The van der Waals surface area contributed by atoms with Gasteiger partial charge in [0.1, 0.15) is 5.76 Å². The number of non-ortho nitro benzene ring substituents is 1. The summed E-state index contributed by atoms with van der Waals surface area (Å²) in [6.45, 7) is 1.77. The standard InChI is InChI=1S/C23H24N2O9/c1-2-34-18-13-14(6-7-17(18)27)20-19(21(28)15-4-3-5-16(12-15)25(31)32)22(29)23(30)24(20)8-10-33-11-9-26/h3-7,12-13,20,26-28H,2,8-11H2,1H3/t20-/m0/s1. The molecule has 0 bridgehead atoms. The van der Waals surface area contributed by atoms with Crippen LogP contribution in [0, 0.1) is 10.1 Å². The minimum absolute atomic E-state index is 0.00228. The second-order valence-electron chi connectivity index (χ2n) is 7.30. The first-order valence-electron chi connectivity index (χ1n) is 10.5. The van der Waals surface area contributed by atoms with Crippen LogP contribution in [-0.2, 0) is 14.3 Å².